The van der Waals surface area contributed by atoms with Crippen LogP contribution in [0.4, 0.5) is 0 Å². The van der Waals surface area contributed by atoms with Crippen molar-refractivity contribution in [2.45, 2.75) is 6.42 Å². The average Bonchev–Trinajstić information content (AvgIpc) is 2.35. The molecule has 18 heavy (non-hydrogen) atoms. The number of carbonyl (C=O) groups is 1. The van der Waals surface area contributed by atoms with E-state index in [0.717, 1.165) is 0 Å². The number of carboxylic acids is 1. The largest absolute Gasteiger partial charge is 0.493 e. The fraction of sp³-hybridized carbons (Fsp3) is 0.417. The predicted octanol–water partition coefficient (Wildman–Crippen LogP) is 2.46. The molecule has 0 saturated heterocycles. The molecule has 0 aliphatic carbocycles. The van der Waals surface area contributed by atoms with Gasteiger partial charge in [-0.1, -0.05) is 11.6 Å². The second-order valence-electron chi connectivity index (χ2n) is 3.48. The number of hydrogen-bond acceptors (Lipinski definition) is 4. The molecule has 0 spiro atoms. The molecule has 0 aliphatic rings. The summed E-state index contributed by atoms with van der Waals surface area (Å²) in [6.07, 6.45) is 0.699. The van der Waals surface area contributed by atoms with Gasteiger partial charge < -0.3 is 19.3 Å². The van der Waals surface area contributed by atoms with E-state index in [1.807, 2.05) is 0 Å². The first-order valence-corrected chi connectivity index (χ1v) is 5.70. The monoisotopic (exact) mass is 274 g/mol. The Labute approximate surface area is 110 Å². The first kappa shape index (κ1) is 14.6. The van der Waals surface area contributed by atoms with Crippen molar-refractivity contribution in [2.24, 2.45) is 0 Å². The molecule has 1 N–H and O–H groups in total. The van der Waals surface area contributed by atoms with Crippen molar-refractivity contribution in [2.75, 3.05) is 27.4 Å². The van der Waals surface area contributed by atoms with Gasteiger partial charge in [0.1, 0.15) is 0 Å². The summed E-state index contributed by atoms with van der Waals surface area (Å²) in [4.78, 5) is 10.9. The Balaban J connectivity index is 2.86. The highest BCUT2D eigenvalue weighted by atomic mass is 35.5. The van der Waals surface area contributed by atoms with Gasteiger partial charge in [-0.05, 0) is 0 Å². The van der Waals surface area contributed by atoms with Crippen LogP contribution in [0.5, 0.6) is 11.5 Å². The summed E-state index contributed by atoms with van der Waals surface area (Å²) in [6.45, 7) is 0.979. The van der Waals surface area contributed by atoms with Gasteiger partial charge in [-0.15, -0.1) is 0 Å². The molecule has 0 radical (unpaired) electrons. The zero-order chi connectivity index (χ0) is 13.5. The van der Waals surface area contributed by atoms with E-state index in [1.165, 1.54) is 19.2 Å². The molecule has 1 aromatic carbocycles. The first-order chi connectivity index (χ1) is 8.60. The molecule has 0 atom stereocenters. The number of hydrogen-bond donors (Lipinski definition) is 1. The minimum Gasteiger partial charge on any atom is -0.493 e. The van der Waals surface area contributed by atoms with Gasteiger partial charge in [-0.2, -0.15) is 0 Å². The lowest BCUT2D eigenvalue weighted by atomic mass is 10.2. The van der Waals surface area contributed by atoms with Crippen LogP contribution in [0.1, 0.15) is 16.8 Å². The minimum absolute atomic E-state index is 0.0146. The smallest absolute Gasteiger partial charge is 0.337 e. The van der Waals surface area contributed by atoms with Crippen molar-refractivity contribution in [3.8, 4) is 11.5 Å². The van der Waals surface area contributed by atoms with Crippen LogP contribution in [-0.4, -0.2) is 38.5 Å². The van der Waals surface area contributed by atoms with E-state index >= 15 is 0 Å². The lowest BCUT2D eigenvalue weighted by Gasteiger charge is -2.12. The Bertz CT molecular complexity index is 419. The fourth-order valence-corrected chi connectivity index (χ4v) is 1.59. The van der Waals surface area contributed by atoms with Gasteiger partial charge in [0.25, 0.3) is 0 Å². The molecule has 1 aromatic rings. The molecule has 0 unspecified atom stereocenters. The zero-order valence-corrected chi connectivity index (χ0v) is 11.0. The van der Waals surface area contributed by atoms with Crippen LogP contribution >= 0.6 is 11.6 Å². The van der Waals surface area contributed by atoms with Crippen LogP contribution in [0.3, 0.4) is 0 Å². The summed E-state index contributed by atoms with van der Waals surface area (Å²) in [5.74, 6) is -0.345. The van der Waals surface area contributed by atoms with Crippen LogP contribution in [0.25, 0.3) is 0 Å². The van der Waals surface area contributed by atoms with Crippen molar-refractivity contribution < 1.29 is 24.1 Å². The van der Waals surface area contributed by atoms with Crippen LogP contribution < -0.4 is 9.47 Å². The van der Waals surface area contributed by atoms with Gasteiger partial charge in [0.15, 0.2) is 11.5 Å². The van der Waals surface area contributed by atoms with Crippen molar-refractivity contribution >= 4 is 17.6 Å². The second-order valence-corrected chi connectivity index (χ2v) is 3.89. The number of halogens is 1. The van der Waals surface area contributed by atoms with Gasteiger partial charge in [-0.3, -0.25) is 0 Å². The van der Waals surface area contributed by atoms with E-state index in [0.29, 0.717) is 31.1 Å². The SMILES string of the molecule is COCCCOc1cc(C(=O)O)c(Cl)cc1OC. The van der Waals surface area contributed by atoms with E-state index < -0.39 is 5.97 Å². The van der Waals surface area contributed by atoms with Crippen molar-refractivity contribution in [1.82, 2.24) is 0 Å². The third-order valence-electron chi connectivity index (χ3n) is 2.23. The number of benzene rings is 1. The fourth-order valence-electron chi connectivity index (χ4n) is 1.36. The van der Waals surface area contributed by atoms with Crippen LogP contribution in [0.2, 0.25) is 5.02 Å². The van der Waals surface area contributed by atoms with E-state index in [-0.39, 0.29) is 10.6 Å². The standard InChI is InChI=1S/C12H15ClO5/c1-16-4-3-5-18-11-6-8(12(14)15)9(13)7-10(11)17-2/h6-7H,3-5H2,1-2H3,(H,14,15). The summed E-state index contributed by atoms with van der Waals surface area (Å²) >= 11 is 5.82. The van der Waals surface area contributed by atoms with Gasteiger partial charge >= 0.3 is 5.97 Å². The Morgan fingerprint density at radius 1 is 1.28 bits per heavy atom. The highest BCUT2D eigenvalue weighted by Crippen LogP contribution is 2.33. The normalized spacial score (nSPS) is 10.2. The van der Waals surface area contributed by atoms with Crippen LogP contribution in [-0.2, 0) is 4.74 Å². The van der Waals surface area contributed by atoms with Gasteiger partial charge in [0.05, 0.1) is 24.3 Å². The van der Waals surface area contributed by atoms with Gasteiger partial charge in [0.2, 0.25) is 0 Å². The summed E-state index contributed by atoms with van der Waals surface area (Å²) in [5.41, 5.74) is -0.0146. The molecule has 0 aromatic heterocycles. The zero-order valence-electron chi connectivity index (χ0n) is 10.2. The number of carboxylic acid groups (broad SMARTS) is 1. The third kappa shape index (κ3) is 3.78. The number of aromatic carboxylic acids is 1. The van der Waals surface area contributed by atoms with E-state index in [2.05, 4.69) is 0 Å². The molecule has 100 valence electrons. The maximum atomic E-state index is 10.9. The van der Waals surface area contributed by atoms with E-state index in [4.69, 9.17) is 30.9 Å². The summed E-state index contributed by atoms with van der Waals surface area (Å²) in [6, 6.07) is 2.78. The van der Waals surface area contributed by atoms with Gasteiger partial charge in [0, 0.05) is 32.3 Å². The number of ether oxygens (including phenoxy) is 3. The molecule has 5 nitrogen and oxygen atoms in total. The average molecular weight is 275 g/mol. The Morgan fingerprint density at radius 3 is 2.56 bits per heavy atom. The highest BCUT2D eigenvalue weighted by Gasteiger charge is 2.15. The molecular weight excluding hydrogens is 260 g/mol. The molecule has 0 saturated carbocycles. The van der Waals surface area contributed by atoms with Crippen LogP contribution in [0.15, 0.2) is 12.1 Å². The molecule has 0 fully saturated rings. The topological polar surface area (TPSA) is 65.0 Å². The lowest BCUT2D eigenvalue weighted by Crippen LogP contribution is -2.05. The first-order valence-electron chi connectivity index (χ1n) is 5.32. The predicted molar refractivity (Wildman–Crippen MR) is 67.0 cm³/mol. The lowest BCUT2D eigenvalue weighted by molar-refractivity contribution is 0.0696. The van der Waals surface area contributed by atoms with E-state index in [9.17, 15) is 4.79 Å². The molecule has 0 aliphatic heterocycles. The van der Waals surface area contributed by atoms with Gasteiger partial charge in [-0.25, -0.2) is 4.79 Å². The van der Waals surface area contributed by atoms with Crippen molar-refractivity contribution in [3.05, 3.63) is 22.7 Å². The molecule has 0 bridgehead atoms. The van der Waals surface area contributed by atoms with E-state index in [1.54, 1.807) is 7.11 Å². The summed E-state index contributed by atoms with van der Waals surface area (Å²) < 4.78 is 15.4. The number of rotatable bonds is 7. The molecule has 6 heteroatoms. The summed E-state index contributed by atoms with van der Waals surface area (Å²) in [5, 5.41) is 9.08. The Morgan fingerprint density at radius 2 is 2.00 bits per heavy atom. The maximum Gasteiger partial charge on any atom is 0.337 e. The second kappa shape index (κ2) is 7.08. The molecular formula is C12H15ClO5. The quantitative estimate of drug-likeness (QED) is 0.774. The van der Waals surface area contributed by atoms with Crippen molar-refractivity contribution in [3.63, 3.8) is 0 Å². The highest BCUT2D eigenvalue weighted by molar-refractivity contribution is 6.33. The Hall–Kier alpha value is -1.46. The molecule has 0 amide bonds. The van der Waals surface area contributed by atoms with Crippen LogP contribution in [0, 0.1) is 0 Å². The Kier molecular flexibility index (Phi) is 5.74. The molecule has 0 heterocycles. The third-order valence-corrected chi connectivity index (χ3v) is 2.55. The van der Waals surface area contributed by atoms with Crippen molar-refractivity contribution in [1.29, 1.82) is 0 Å². The number of methoxy groups -OCH3 is 2. The summed E-state index contributed by atoms with van der Waals surface area (Å²) in [7, 11) is 3.07. The maximum absolute atomic E-state index is 10.9. The minimum atomic E-state index is -1.11. The molecule has 1 rings (SSSR count).